The normalized spacial score (nSPS) is 31.0. The number of hydrogen-bond acceptors (Lipinski definition) is 7. The van der Waals surface area contributed by atoms with Gasteiger partial charge in [-0.25, -0.2) is 15.2 Å². The van der Waals surface area contributed by atoms with Crippen LogP contribution in [0, 0.1) is 0 Å². The molecule has 3 aliphatic rings. The molecule has 144 valence electrons. The molecule has 3 aliphatic heterocycles. The number of carbonyl (C=O) groups is 1. The highest BCUT2D eigenvalue weighted by atomic mass is 16.2. The number of nitrogens with zero attached hydrogens (tertiary/aromatic N) is 1. The zero-order chi connectivity index (χ0) is 17.3. The lowest BCUT2D eigenvalue weighted by Gasteiger charge is -2.35. The summed E-state index contributed by atoms with van der Waals surface area (Å²) >= 11 is 0. The summed E-state index contributed by atoms with van der Waals surface area (Å²) in [5.74, 6) is 0. The monoisotopic (exact) mass is 354 g/mol. The van der Waals surface area contributed by atoms with Crippen molar-refractivity contribution < 1.29 is 4.79 Å². The molecule has 0 aliphatic carbocycles. The third-order valence-electron chi connectivity index (χ3n) is 5.13. The van der Waals surface area contributed by atoms with Crippen molar-refractivity contribution in [3.63, 3.8) is 0 Å². The van der Waals surface area contributed by atoms with Gasteiger partial charge in [0.1, 0.15) is 0 Å². The first-order valence-electron chi connectivity index (χ1n) is 9.76. The molecule has 0 bridgehead atoms. The average molecular weight is 355 g/mol. The molecule has 25 heavy (non-hydrogen) atoms. The summed E-state index contributed by atoms with van der Waals surface area (Å²) in [4.78, 5) is 12.0. The van der Waals surface area contributed by atoms with E-state index in [4.69, 9.17) is 0 Å². The number of hydrazine groups is 1. The minimum atomic E-state index is -0.0537. The van der Waals surface area contributed by atoms with Crippen LogP contribution in [0.1, 0.15) is 38.5 Å². The largest absolute Gasteiger partial charge is 0.338 e. The van der Waals surface area contributed by atoms with Crippen LogP contribution in [0.5, 0.6) is 0 Å². The molecule has 0 spiro atoms. The predicted molar refractivity (Wildman–Crippen MR) is 97.5 cm³/mol. The first-order chi connectivity index (χ1) is 12.3. The minimum absolute atomic E-state index is 0.0537. The van der Waals surface area contributed by atoms with Crippen LogP contribution in [0.4, 0.5) is 4.79 Å². The van der Waals surface area contributed by atoms with Crippen LogP contribution >= 0.6 is 0 Å². The fraction of sp³-hybridized carbons (Fsp3) is 0.938. The van der Waals surface area contributed by atoms with E-state index in [1.807, 2.05) is 0 Å². The molecule has 3 atom stereocenters. The number of rotatable bonds is 7. The number of piperidine rings is 2. The standard InChI is InChI=1S/C16H34N8O/c25-16(20-9-3-8-19-14-4-1-2-7-18-14)23-13-5-6-15(21-10-13)24-12-17-11-22-24/h13-15,17-19,21-22H,1-12H2,(H2,20,23,25). The smallest absolute Gasteiger partial charge is 0.315 e. The third kappa shape index (κ3) is 6.36. The third-order valence-corrected chi connectivity index (χ3v) is 5.13. The topological polar surface area (TPSA) is 105 Å². The van der Waals surface area contributed by atoms with Gasteiger partial charge in [0.25, 0.3) is 0 Å². The van der Waals surface area contributed by atoms with E-state index >= 15 is 0 Å². The van der Waals surface area contributed by atoms with Crippen LogP contribution in [0.25, 0.3) is 0 Å². The second-order valence-corrected chi connectivity index (χ2v) is 7.12. The lowest BCUT2D eigenvalue weighted by molar-refractivity contribution is 0.108. The lowest BCUT2D eigenvalue weighted by Crippen LogP contribution is -2.58. The van der Waals surface area contributed by atoms with Gasteiger partial charge in [0.2, 0.25) is 0 Å². The Bertz CT molecular complexity index is 390. The second kappa shape index (κ2) is 10.2. The van der Waals surface area contributed by atoms with E-state index in [9.17, 15) is 4.79 Å². The molecular weight excluding hydrogens is 320 g/mol. The van der Waals surface area contributed by atoms with Crippen LogP contribution in [-0.4, -0.2) is 68.9 Å². The molecule has 9 nitrogen and oxygen atoms in total. The molecule has 0 aromatic carbocycles. The molecule has 0 radical (unpaired) electrons. The van der Waals surface area contributed by atoms with Crippen LogP contribution in [0.2, 0.25) is 0 Å². The molecule has 3 fully saturated rings. The van der Waals surface area contributed by atoms with Gasteiger partial charge in [-0.2, -0.15) is 0 Å². The van der Waals surface area contributed by atoms with Gasteiger partial charge in [-0.05, 0) is 51.6 Å². The van der Waals surface area contributed by atoms with Crippen molar-refractivity contribution in [2.24, 2.45) is 0 Å². The molecule has 3 heterocycles. The molecule has 2 amide bonds. The number of urea groups is 1. The van der Waals surface area contributed by atoms with Crippen molar-refractivity contribution in [1.82, 2.24) is 42.3 Å². The number of carbonyl (C=O) groups excluding carboxylic acids is 1. The van der Waals surface area contributed by atoms with Gasteiger partial charge in [-0.1, -0.05) is 0 Å². The fourth-order valence-electron chi connectivity index (χ4n) is 3.67. The van der Waals surface area contributed by atoms with Crippen molar-refractivity contribution in [2.45, 2.75) is 56.9 Å². The van der Waals surface area contributed by atoms with Gasteiger partial charge in [0.05, 0.1) is 25.7 Å². The summed E-state index contributed by atoms with van der Waals surface area (Å²) in [6.45, 7) is 5.25. The Morgan fingerprint density at radius 2 is 2.08 bits per heavy atom. The second-order valence-electron chi connectivity index (χ2n) is 7.12. The van der Waals surface area contributed by atoms with E-state index in [-0.39, 0.29) is 12.1 Å². The van der Waals surface area contributed by atoms with Gasteiger partial charge >= 0.3 is 6.03 Å². The zero-order valence-corrected chi connectivity index (χ0v) is 15.1. The molecule has 3 saturated heterocycles. The maximum Gasteiger partial charge on any atom is 0.315 e. The van der Waals surface area contributed by atoms with E-state index in [1.54, 1.807) is 0 Å². The van der Waals surface area contributed by atoms with Gasteiger partial charge in [-0.3, -0.25) is 10.6 Å². The lowest BCUT2D eigenvalue weighted by atomic mass is 10.1. The van der Waals surface area contributed by atoms with E-state index < -0.39 is 0 Å². The Balaban J connectivity index is 1.20. The molecule has 0 aromatic rings. The Hall–Kier alpha value is -0.970. The Morgan fingerprint density at radius 1 is 1.12 bits per heavy atom. The highest BCUT2D eigenvalue weighted by molar-refractivity contribution is 5.74. The van der Waals surface area contributed by atoms with Crippen molar-refractivity contribution in [3.8, 4) is 0 Å². The summed E-state index contributed by atoms with van der Waals surface area (Å²) in [7, 11) is 0. The number of nitrogens with one attached hydrogen (secondary N) is 7. The zero-order valence-electron chi connectivity index (χ0n) is 15.1. The molecule has 3 rings (SSSR count). The first-order valence-corrected chi connectivity index (χ1v) is 9.76. The Kier molecular flexibility index (Phi) is 7.71. The summed E-state index contributed by atoms with van der Waals surface area (Å²) in [6, 6.07) is 0.151. The van der Waals surface area contributed by atoms with Crippen molar-refractivity contribution in [2.75, 3.05) is 39.5 Å². The van der Waals surface area contributed by atoms with Crippen LogP contribution in [-0.2, 0) is 0 Å². The average Bonchev–Trinajstić information content (AvgIpc) is 3.18. The summed E-state index contributed by atoms with van der Waals surface area (Å²) < 4.78 is 0. The number of amides is 2. The van der Waals surface area contributed by atoms with Crippen molar-refractivity contribution in [3.05, 3.63) is 0 Å². The van der Waals surface area contributed by atoms with E-state index in [1.165, 1.54) is 19.3 Å². The fourth-order valence-corrected chi connectivity index (χ4v) is 3.67. The Morgan fingerprint density at radius 3 is 2.80 bits per heavy atom. The molecule has 7 N–H and O–H groups in total. The van der Waals surface area contributed by atoms with Gasteiger partial charge in [0.15, 0.2) is 0 Å². The summed E-state index contributed by atoms with van der Waals surface area (Å²) in [5.41, 5.74) is 3.29. The molecule has 0 aromatic heterocycles. The molecule has 3 unspecified atom stereocenters. The first kappa shape index (κ1) is 18.8. The van der Waals surface area contributed by atoms with Crippen LogP contribution in [0.15, 0.2) is 0 Å². The highest BCUT2D eigenvalue weighted by Crippen LogP contribution is 2.11. The minimum Gasteiger partial charge on any atom is -0.338 e. The van der Waals surface area contributed by atoms with E-state index in [0.717, 1.165) is 52.2 Å². The maximum atomic E-state index is 12.0. The summed E-state index contributed by atoms with van der Waals surface area (Å²) in [6.07, 6.45) is 7.54. The Labute approximate surface area is 150 Å². The number of hydrogen-bond donors (Lipinski definition) is 7. The predicted octanol–water partition coefficient (Wildman–Crippen LogP) is -1.23. The van der Waals surface area contributed by atoms with Crippen LogP contribution in [0.3, 0.4) is 0 Å². The van der Waals surface area contributed by atoms with E-state index in [0.29, 0.717) is 18.9 Å². The van der Waals surface area contributed by atoms with Crippen LogP contribution < -0.4 is 37.3 Å². The summed E-state index contributed by atoms with van der Waals surface area (Å²) in [5, 5.41) is 21.9. The SMILES string of the molecule is O=C(NCCCNC1CCCCN1)NC1CCC(N2CNCN2)NC1. The highest BCUT2D eigenvalue weighted by Gasteiger charge is 2.27. The molecule has 0 saturated carbocycles. The van der Waals surface area contributed by atoms with Gasteiger partial charge in [-0.15, -0.1) is 0 Å². The quantitative estimate of drug-likeness (QED) is 0.287. The molecular formula is C16H34N8O. The molecule has 9 heteroatoms. The van der Waals surface area contributed by atoms with Gasteiger partial charge < -0.3 is 21.3 Å². The van der Waals surface area contributed by atoms with Crippen molar-refractivity contribution in [1.29, 1.82) is 0 Å². The van der Waals surface area contributed by atoms with E-state index in [2.05, 4.69) is 42.3 Å². The maximum absolute atomic E-state index is 12.0. The van der Waals surface area contributed by atoms with Crippen molar-refractivity contribution >= 4 is 6.03 Å². The van der Waals surface area contributed by atoms with Gasteiger partial charge in [0, 0.05) is 19.1 Å².